The van der Waals surface area contributed by atoms with Gasteiger partial charge in [-0.25, -0.2) is 9.98 Å². The normalized spacial score (nSPS) is 15.2. The fraction of sp³-hybridized carbons (Fsp3) is 0.286. The van der Waals surface area contributed by atoms with Crippen molar-refractivity contribution in [2.45, 2.75) is 0 Å². The standard InChI is InChI=1S/C7H8N4O/c1-11-4-10-5-6(11)8-2-3-9-7(5)12/h2,4H,3H2,1H3,(H,9,12). The van der Waals surface area contributed by atoms with Gasteiger partial charge in [0, 0.05) is 13.3 Å². The molecule has 1 aromatic heterocycles. The highest BCUT2D eigenvalue weighted by atomic mass is 16.1. The Labute approximate surface area is 69.1 Å². The molecule has 1 N–H and O–H groups in total. The Morgan fingerprint density at radius 1 is 1.67 bits per heavy atom. The van der Waals surface area contributed by atoms with Gasteiger partial charge in [-0.15, -0.1) is 0 Å². The molecule has 5 nitrogen and oxygen atoms in total. The lowest BCUT2D eigenvalue weighted by molar-refractivity contribution is 0.0957. The number of imidazole rings is 1. The van der Waals surface area contributed by atoms with Gasteiger partial charge in [0.05, 0.1) is 12.9 Å². The van der Waals surface area contributed by atoms with Crippen molar-refractivity contribution in [3.63, 3.8) is 0 Å². The summed E-state index contributed by atoms with van der Waals surface area (Å²) in [6.45, 7) is 0.467. The van der Waals surface area contributed by atoms with E-state index in [0.29, 0.717) is 18.1 Å². The van der Waals surface area contributed by atoms with Crippen LogP contribution in [0.3, 0.4) is 0 Å². The first-order valence-corrected chi connectivity index (χ1v) is 3.61. The highest BCUT2D eigenvalue weighted by molar-refractivity contribution is 5.99. The molecule has 0 spiro atoms. The van der Waals surface area contributed by atoms with Crippen LogP contribution in [0.4, 0.5) is 5.82 Å². The smallest absolute Gasteiger partial charge is 0.274 e. The number of rotatable bonds is 0. The van der Waals surface area contributed by atoms with E-state index in [4.69, 9.17) is 0 Å². The van der Waals surface area contributed by atoms with Gasteiger partial charge < -0.3 is 9.88 Å². The van der Waals surface area contributed by atoms with E-state index in [1.165, 1.54) is 0 Å². The molecule has 0 aliphatic carbocycles. The number of carbonyl (C=O) groups is 1. The number of nitrogens with zero attached hydrogens (tertiary/aromatic N) is 3. The predicted octanol–water partition coefficient (Wildman–Crippen LogP) is -0.134. The summed E-state index contributed by atoms with van der Waals surface area (Å²) >= 11 is 0. The Morgan fingerprint density at radius 3 is 3.33 bits per heavy atom. The van der Waals surface area contributed by atoms with E-state index >= 15 is 0 Å². The molecule has 0 aromatic carbocycles. The summed E-state index contributed by atoms with van der Waals surface area (Å²) < 4.78 is 1.72. The zero-order valence-corrected chi connectivity index (χ0v) is 6.61. The summed E-state index contributed by atoms with van der Waals surface area (Å²) in [4.78, 5) is 19.3. The molecule has 0 radical (unpaired) electrons. The largest absolute Gasteiger partial charge is 0.346 e. The van der Waals surface area contributed by atoms with Gasteiger partial charge in [-0.1, -0.05) is 0 Å². The van der Waals surface area contributed by atoms with E-state index in [1.807, 2.05) is 7.05 Å². The van der Waals surface area contributed by atoms with Crippen molar-refractivity contribution in [3.8, 4) is 0 Å². The van der Waals surface area contributed by atoms with Crippen molar-refractivity contribution in [2.24, 2.45) is 12.0 Å². The lowest BCUT2D eigenvalue weighted by atomic mass is 10.4. The average molecular weight is 164 g/mol. The Kier molecular flexibility index (Phi) is 1.43. The van der Waals surface area contributed by atoms with Gasteiger partial charge in [0.25, 0.3) is 5.91 Å². The molecule has 62 valence electrons. The third kappa shape index (κ3) is 0.903. The minimum Gasteiger partial charge on any atom is -0.346 e. The van der Waals surface area contributed by atoms with Gasteiger partial charge in [-0.2, -0.15) is 0 Å². The van der Waals surface area contributed by atoms with Gasteiger partial charge in [0.15, 0.2) is 11.5 Å². The number of nitrogens with one attached hydrogen (secondary N) is 1. The molecular weight excluding hydrogens is 156 g/mol. The first kappa shape index (κ1) is 7.02. The number of aryl methyl sites for hydroxylation is 1. The second-order valence-corrected chi connectivity index (χ2v) is 2.55. The van der Waals surface area contributed by atoms with Crippen LogP contribution in [0.5, 0.6) is 0 Å². The quantitative estimate of drug-likeness (QED) is 0.580. The fourth-order valence-corrected chi connectivity index (χ4v) is 1.09. The van der Waals surface area contributed by atoms with Crippen molar-refractivity contribution in [2.75, 3.05) is 6.54 Å². The maximum absolute atomic E-state index is 11.3. The van der Waals surface area contributed by atoms with Crippen LogP contribution in [0.15, 0.2) is 11.3 Å². The highest BCUT2D eigenvalue weighted by Gasteiger charge is 2.16. The van der Waals surface area contributed by atoms with Crippen LogP contribution in [0.25, 0.3) is 0 Å². The van der Waals surface area contributed by atoms with Crippen LogP contribution in [0, 0.1) is 0 Å². The van der Waals surface area contributed by atoms with E-state index in [1.54, 1.807) is 17.1 Å². The van der Waals surface area contributed by atoms with Crippen LogP contribution in [0.1, 0.15) is 10.5 Å². The van der Waals surface area contributed by atoms with Crippen molar-refractivity contribution in [1.82, 2.24) is 14.9 Å². The van der Waals surface area contributed by atoms with Crippen molar-refractivity contribution >= 4 is 17.9 Å². The summed E-state index contributed by atoms with van der Waals surface area (Å²) in [5, 5.41) is 2.65. The molecule has 0 atom stereocenters. The number of carbonyl (C=O) groups excluding carboxylic acids is 1. The summed E-state index contributed by atoms with van der Waals surface area (Å²) in [7, 11) is 1.81. The Balaban J connectivity index is 2.58. The molecule has 0 fully saturated rings. The molecule has 5 heteroatoms. The zero-order chi connectivity index (χ0) is 8.55. The summed E-state index contributed by atoms with van der Waals surface area (Å²) in [5.74, 6) is 0.452. The number of aromatic nitrogens is 2. The molecule has 2 rings (SSSR count). The number of fused-ring (bicyclic) bond motifs is 1. The summed E-state index contributed by atoms with van der Waals surface area (Å²) in [6, 6.07) is 0. The molecule has 0 unspecified atom stereocenters. The van der Waals surface area contributed by atoms with E-state index < -0.39 is 0 Å². The van der Waals surface area contributed by atoms with E-state index in [0.717, 1.165) is 0 Å². The van der Waals surface area contributed by atoms with Gasteiger partial charge >= 0.3 is 0 Å². The second kappa shape index (κ2) is 2.44. The topological polar surface area (TPSA) is 59.3 Å². The van der Waals surface area contributed by atoms with Crippen molar-refractivity contribution in [1.29, 1.82) is 0 Å². The lowest BCUT2D eigenvalue weighted by Gasteiger charge is -1.95. The molecule has 1 aliphatic rings. The maximum Gasteiger partial charge on any atom is 0.274 e. The zero-order valence-electron chi connectivity index (χ0n) is 6.61. The van der Waals surface area contributed by atoms with Crippen LogP contribution < -0.4 is 5.32 Å². The van der Waals surface area contributed by atoms with Crippen molar-refractivity contribution in [3.05, 3.63) is 12.0 Å². The fourth-order valence-electron chi connectivity index (χ4n) is 1.09. The minimum atomic E-state index is -0.164. The molecule has 1 amide bonds. The summed E-state index contributed by atoms with van der Waals surface area (Å²) in [6.07, 6.45) is 3.23. The second-order valence-electron chi connectivity index (χ2n) is 2.55. The SMILES string of the molecule is Cn1cnc2c1N=CCNC2=O. The first-order valence-electron chi connectivity index (χ1n) is 3.61. The van der Waals surface area contributed by atoms with Crippen molar-refractivity contribution < 1.29 is 4.79 Å². The first-order chi connectivity index (χ1) is 5.79. The van der Waals surface area contributed by atoms with Gasteiger partial charge in [-0.3, -0.25) is 4.79 Å². The molecule has 0 bridgehead atoms. The molecule has 12 heavy (non-hydrogen) atoms. The molecule has 1 aliphatic heterocycles. The maximum atomic E-state index is 11.3. The number of aliphatic imine (C=N–C) groups is 1. The lowest BCUT2D eigenvalue weighted by Crippen LogP contribution is -2.23. The Morgan fingerprint density at radius 2 is 2.50 bits per heavy atom. The van der Waals surface area contributed by atoms with Gasteiger partial charge in [-0.05, 0) is 0 Å². The number of hydrogen-bond donors (Lipinski definition) is 1. The third-order valence-electron chi connectivity index (χ3n) is 1.69. The Hall–Kier alpha value is -1.65. The minimum absolute atomic E-state index is 0.164. The van der Waals surface area contributed by atoms with E-state index in [-0.39, 0.29) is 5.91 Å². The van der Waals surface area contributed by atoms with Gasteiger partial charge in [0.2, 0.25) is 0 Å². The molecule has 1 aromatic rings. The van der Waals surface area contributed by atoms with E-state index in [2.05, 4.69) is 15.3 Å². The highest BCUT2D eigenvalue weighted by Crippen LogP contribution is 2.16. The van der Waals surface area contributed by atoms with Crippen LogP contribution in [-0.4, -0.2) is 28.2 Å². The third-order valence-corrected chi connectivity index (χ3v) is 1.69. The monoisotopic (exact) mass is 164 g/mol. The number of hydrogen-bond acceptors (Lipinski definition) is 3. The van der Waals surface area contributed by atoms with Crippen LogP contribution >= 0.6 is 0 Å². The Bertz CT molecular complexity index is 352. The van der Waals surface area contributed by atoms with Gasteiger partial charge in [0.1, 0.15) is 0 Å². The molecule has 0 saturated heterocycles. The van der Waals surface area contributed by atoms with Crippen LogP contribution in [-0.2, 0) is 7.05 Å². The van der Waals surface area contributed by atoms with Crippen LogP contribution in [0.2, 0.25) is 0 Å². The van der Waals surface area contributed by atoms with E-state index in [9.17, 15) is 4.79 Å². The summed E-state index contributed by atoms with van der Waals surface area (Å²) in [5.41, 5.74) is 0.395. The predicted molar refractivity (Wildman–Crippen MR) is 43.7 cm³/mol. The number of amides is 1. The average Bonchev–Trinajstić information content (AvgIpc) is 2.30. The molecular formula is C7H8N4O. The molecule has 0 saturated carbocycles. The molecule has 2 heterocycles.